The lowest BCUT2D eigenvalue weighted by Crippen LogP contribution is -2.30. The summed E-state index contributed by atoms with van der Waals surface area (Å²) >= 11 is 0. The SMILES string of the molecule is C1=CC(N(c2ccccc2)c2ccc3ccc4c(N(c5ccccc5)c5ccc(C6c7ccccc7-c7ccccc76)cc5)ccc5ccc2c3c54)CC=C1C1c2ccccc2-c2ccccc21. The van der Waals surface area contributed by atoms with Gasteiger partial charge in [-0.3, -0.25) is 0 Å². The Morgan fingerprint density at radius 2 is 0.794 bits per heavy atom. The number of rotatable bonds is 8. The van der Waals surface area contributed by atoms with Crippen LogP contribution in [0.3, 0.4) is 0 Å². The molecule has 0 radical (unpaired) electrons. The highest BCUT2D eigenvalue weighted by Crippen LogP contribution is 2.52. The van der Waals surface area contributed by atoms with Crippen LogP contribution in [0.4, 0.5) is 28.4 Å². The zero-order valence-electron chi connectivity index (χ0n) is 37.5. The van der Waals surface area contributed by atoms with Gasteiger partial charge in [0.15, 0.2) is 0 Å². The first-order valence-corrected chi connectivity index (χ1v) is 24.0. The van der Waals surface area contributed by atoms with Crippen LogP contribution in [-0.2, 0) is 0 Å². The van der Waals surface area contributed by atoms with Crippen molar-refractivity contribution in [3.8, 4) is 22.3 Å². The molecular weight excluding hydrogens is 821 g/mol. The highest BCUT2D eigenvalue weighted by molar-refractivity contribution is 6.28. The van der Waals surface area contributed by atoms with Crippen LogP contribution in [0.25, 0.3) is 54.6 Å². The van der Waals surface area contributed by atoms with Crippen molar-refractivity contribution >= 4 is 60.8 Å². The van der Waals surface area contributed by atoms with E-state index in [1.165, 1.54) is 99.3 Å². The highest BCUT2D eigenvalue weighted by Gasteiger charge is 2.33. The van der Waals surface area contributed by atoms with Crippen LogP contribution >= 0.6 is 0 Å². The second-order valence-electron chi connectivity index (χ2n) is 18.6. The predicted molar refractivity (Wildman–Crippen MR) is 286 cm³/mol. The molecule has 14 rings (SSSR count). The Morgan fingerprint density at radius 1 is 0.353 bits per heavy atom. The van der Waals surface area contributed by atoms with E-state index in [9.17, 15) is 0 Å². The van der Waals surface area contributed by atoms with E-state index in [0.717, 1.165) is 23.5 Å². The maximum Gasteiger partial charge on any atom is 0.0560 e. The molecule has 0 saturated heterocycles. The van der Waals surface area contributed by atoms with Crippen molar-refractivity contribution in [1.82, 2.24) is 0 Å². The van der Waals surface area contributed by atoms with Crippen LogP contribution < -0.4 is 9.80 Å². The third-order valence-corrected chi connectivity index (χ3v) is 15.1. The van der Waals surface area contributed by atoms with Crippen molar-refractivity contribution in [2.24, 2.45) is 0 Å². The first-order valence-electron chi connectivity index (χ1n) is 24.0. The average molecular weight is 867 g/mol. The number of hydrogen-bond donors (Lipinski definition) is 0. The van der Waals surface area contributed by atoms with Crippen LogP contribution in [0, 0.1) is 0 Å². The van der Waals surface area contributed by atoms with Gasteiger partial charge in [0, 0.05) is 45.4 Å². The third kappa shape index (κ3) is 5.97. The molecule has 1 atom stereocenters. The second kappa shape index (κ2) is 15.6. The van der Waals surface area contributed by atoms with Crippen LogP contribution in [0.2, 0.25) is 0 Å². The minimum atomic E-state index is 0.129. The summed E-state index contributed by atoms with van der Waals surface area (Å²) in [5.74, 6) is 0.439. The van der Waals surface area contributed by atoms with E-state index in [4.69, 9.17) is 0 Å². The minimum absolute atomic E-state index is 0.129. The number of nitrogens with zero attached hydrogens (tertiary/aromatic N) is 2. The molecule has 0 heterocycles. The van der Waals surface area contributed by atoms with Gasteiger partial charge in [0.2, 0.25) is 0 Å². The normalized spacial score (nSPS) is 15.1. The molecule has 0 saturated carbocycles. The van der Waals surface area contributed by atoms with Crippen LogP contribution in [0.5, 0.6) is 0 Å². The maximum absolute atomic E-state index is 2.58. The van der Waals surface area contributed by atoms with Crippen molar-refractivity contribution in [2.75, 3.05) is 9.80 Å². The number of fused-ring (bicyclic) bond motifs is 6. The summed E-state index contributed by atoms with van der Waals surface area (Å²) in [5.41, 5.74) is 19.5. The van der Waals surface area contributed by atoms with E-state index in [0.29, 0.717) is 0 Å². The van der Waals surface area contributed by atoms with Crippen LogP contribution in [0.1, 0.15) is 46.1 Å². The first kappa shape index (κ1) is 38.8. The lowest BCUT2D eigenvalue weighted by atomic mass is 9.85. The second-order valence-corrected chi connectivity index (χ2v) is 18.6. The smallest absolute Gasteiger partial charge is 0.0560 e. The molecule has 0 spiro atoms. The Labute approximate surface area is 397 Å². The Balaban J connectivity index is 0.876. The molecule has 68 heavy (non-hydrogen) atoms. The zero-order chi connectivity index (χ0) is 44.7. The van der Waals surface area contributed by atoms with Gasteiger partial charge >= 0.3 is 0 Å². The summed E-state index contributed by atoms with van der Waals surface area (Å²) in [6.07, 6.45) is 8.27. The van der Waals surface area contributed by atoms with Gasteiger partial charge in [-0.25, -0.2) is 0 Å². The van der Waals surface area contributed by atoms with Crippen molar-refractivity contribution < 1.29 is 0 Å². The maximum atomic E-state index is 2.58. The monoisotopic (exact) mass is 866 g/mol. The van der Waals surface area contributed by atoms with Gasteiger partial charge in [0.25, 0.3) is 0 Å². The summed E-state index contributed by atoms with van der Waals surface area (Å²) < 4.78 is 0. The number of para-hydroxylation sites is 2. The van der Waals surface area contributed by atoms with E-state index >= 15 is 0 Å². The molecule has 11 aromatic rings. The number of hydrogen-bond acceptors (Lipinski definition) is 2. The Hall–Kier alpha value is -8.46. The molecule has 3 aliphatic rings. The molecule has 1 unspecified atom stereocenters. The fraction of sp³-hybridized carbons (Fsp3) is 0.0606. The lowest BCUT2D eigenvalue weighted by molar-refractivity contribution is 0.772. The van der Waals surface area contributed by atoms with Crippen molar-refractivity contribution in [1.29, 1.82) is 0 Å². The lowest BCUT2D eigenvalue weighted by Gasteiger charge is -2.35. The molecule has 3 aliphatic carbocycles. The minimum Gasteiger partial charge on any atom is -0.334 e. The van der Waals surface area contributed by atoms with E-state index in [2.05, 4.69) is 259 Å². The summed E-state index contributed by atoms with van der Waals surface area (Å²) in [4.78, 5) is 5.02. The standard InChI is InChI=1S/C66H46N2/c1-3-15-47(16-4-1)67(49-35-27-43(28-36-49)63-55-23-11-7-19-51(55)52-20-8-12-24-56(52)63)61-41-33-45-32-40-60-62(42-34-46-31-39-59(61)65(45)66(46)60)68(48-17-5-2-6-18-48)50-37-29-44(30-38-50)64-57-25-13-9-21-53(57)54-22-10-14-26-58(54)64/h1-37,39-42,50,63-64H,38H2. The molecular formula is C66H46N2. The third-order valence-electron chi connectivity index (χ3n) is 15.1. The van der Waals surface area contributed by atoms with Crippen molar-refractivity contribution in [2.45, 2.75) is 24.3 Å². The fourth-order valence-electron chi connectivity index (χ4n) is 12.2. The molecule has 320 valence electrons. The summed E-state index contributed by atoms with van der Waals surface area (Å²) in [5, 5.41) is 7.59. The molecule has 2 heteroatoms. The zero-order valence-corrected chi connectivity index (χ0v) is 37.5. The Bertz CT molecular complexity index is 3700. The fourth-order valence-corrected chi connectivity index (χ4v) is 12.2. The molecule has 0 aromatic heterocycles. The summed E-state index contributed by atoms with van der Waals surface area (Å²) in [6, 6.07) is 85.7. The Kier molecular flexibility index (Phi) is 8.88. The molecule has 0 N–H and O–H groups in total. The number of benzene rings is 11. The topological polar surface area (TPSA) is 6.48 Å². The average Bonchev–Trinajstić information content (AvgIpc) is 3.93. The van der Waals surface area contributed by atoms with Crippen molar-refractivity contribution in [3.63, 3.8) is 0 Å². The van der Waals surface area contributed by atoms with Gasteiger partial charge in [-0.1, -0.05) is 200 Å². The van der Waals surface area contributed by atoms with Crippen molar-refractivity contribution in [3.05, 3.63) is 282 Å². The molecule has 0 aliphatic heterocycles. The summed E-state index contributed by atoms with van der Waals surface area (Å²) in [6.45, 7) is 0. The molecule has 0 fully saturated rings. The first-order chi connectivity index (χ1) is 33.8. The quantitative estimate of drug-likeness (QED) is 0.140. The molecule has 2 nitrogen and oxygen atoms in total. The van der Waals surface area contributed by atoms with Gasteiger partial charge in [0.05, 0.1) is 11.7 Å². The summed E-state index contributed by atoms with van der Waals surface area (Å²) in [7, 11) is 0. The Morgan fingerprint density at radius 3 is 1.32 bits per heavy atom. The predicted octanol–water partition coefficient (Wildman–Crippen LogP) is 17.4. The number of allylic oxidation sites excluding steroid dienone is 2. The van der Waals surface area contributed by atoms with Gasteiger partial charge in [0.1, 0.15) is 0 Å². The van der Waals surface area contributed by atoms with Gasteiger partial charge in [-0.2, -0.15) is 0 Å². The van der Waals surface area contributed by atoms with E-state index in [-0.39, 0.29) is 17.9 Å². The van der Waals surface area contributed by atoms with Crippen LogP contribution in [-0.4, -0.2) is 6.04 Å². The van der Waals surface area contributed by atoms with Gasteiger partial charge < -0.3 is 9.80 Å². The molecule has 0 bridgehead atoms. The molecule has 11 aromatic carbocycles. The van der Waals surface area contributed by atoms with E-state index in [1.54, 1.807) is 0 Å². The highest BCUT2D eigenvalue weighted by atomic mass is 15.2. The van der Waals surface area contributed by atoms with Gasteiger partial charge in [-0.05, 0) is 132 Å². The van der Waals surface area contributed by atoms with Gasteiger partial charge in [-0.15, -0.1) is 0 Å². The van der Waals surface area contributed by atoms with E-state index < -0.39 is 0 Å². The van der Waals surface area contributed by atoms with Crippen LogP contribution in [0.15, 0.2) is 254 Å². The molecule has 0 amide bonds. The largest absolute Gasteiger partial charge is 0.334 e. The number of anilines is 5. The van der Waals surface area contributed by atoms with E-state index in [1.807, 2.05) is 0 Å².